The highest BCUT2D eigenvalue weighted by Crippen LogP contribution is 2.42. The molecular weight excluding hydrogens is 365 g/mol. The number of ether oxygens (including phenoxy) is 1. The lowest BCUT2D eigenvalue weighted by molar-refractivity contribution is 0.0694. The zero-order valence-electron chi connectivity index (χ0n) is 15.6. The van der Waals surface area contributed by atoms with Gasteiger partial charge in [-0.1, -0.05) is 0 Å². The van der Waals surface area contributed by atoms with Crippen molar-refractivity contribution in [2.45, 2.75) is 44.3 Å². The van der Waals surface area contributed by atoms with Crippen LogP contribution in [0.15, 0.2) is 17.1 Å². The first-order valence-corrected chi connectivity index (χ1v) is 9.72. The molecule has 0 spiro atoms. The highest BCUT2D eigenvalue weighted by Gasteiger charge is 2.34. The van der Waals surface area contributed by atoms with Crippen molar-refractivity contribution in [3.63, 3.8) is 0 Å². The maximum absolute atomic E-state index is 15.1. The minimum atomic E-state index is -1.31. The summed E-state index contributed by atoms with van der Waals surface area (Å²) in [5, 5.41) is 13.0. The van der Waals surface area contributed by atoms with Crippen LogP contribution >= 0.6 is 0 Å². The molecule has 2 aromatic rings. The van der Waals surface area contributed by atoms with Crippen LogP contribution in [0.1, 0.15) is 42.6 Å². The Morgan fingerprint density at radius 1 is 1.32 bits per heavy atom. The summed E-state index contributed by atoms with van der Waals surface area (Å²) >= 11 is 0. The number of benzene rings is 1. The van der Waals surface area contributed by atoms with Crippen molar-refractivity contribution in [1.82, 2.24) is 9.88 Å². The van der Waals surface area contributed by atoms with Gasteiger partial charge in [-0.3, -0.25) is 4.79 Å². The number of aromatic carboxylic acids is 1. The molecular formula is C20H22FN3O4. The van der Waals surface area contributed by atoms with E-state index >= 15 is 4.39 Å². The fourth-order valence-corrected chi connectivity index (χ4v) is 4.34. The fourth-order valence-electron chi connectivity index (χ4n) is 4.34. The van der Waals surface area contributed by atoms with Crippen LogP contribution in [0.2, 0.25) is 0 Å². The van der Waals surface area contributed by atoms with Crippen LogP contribution in [0.3, 0.4) is 0 Å². The fraction of sp³-hybridized carbons (Fsp3) is 0.500. The van der Waals surface area contributed by atoms with Gasteiger partial charge in [0, 0.05) is 31.4 Å². The first kappa shape index (κ1) is 17.5. The minimum absolute atomic E-state index is 0.0505. The number of rotatable bonds is 4. The van der Waals surface area contributed by atoms with E-state index in [1.54, 1.807) is 4.57 Å². The number of hydrogen-bond donors (Lipinski definition) is 2. The Kier molecular flexibility index (Phi) is 3.87. The lowest BCUT2D eigenvalue weighted by atomic mass is 10.1. The summed E-state index contributed by atoms with van der Waals surface area (Å²) in [6.45, 7) is 3.56. The highest BCUT2D eigenvalue weighted by atomic mass is 19.1. The number of carboxylic acids is 1. The number of hydrogen-bond acceptors (Lipinski definition) is 5. The van der Waals surface area contributed by atoms with E-state index in [9.17, 15) is 14.7 Å². The Balaban J connectivity index is 1.66. The number of aromatic nitrogens is 1. The quantitative estimate of drug-likeness (QED) is 0.836. The molecule has 2 fully saturated rings. The first-order valence-electron chi connectivity index (χ1n) is 9.72. The molecule has 0 radical (unpaired) electrons. The van der Waals surface area contributed by atoms with E-state index in [4.69, 9.17) is 4.74 Å². The number of anilines is 1. The SMILES string of the molecule is C[C@H]1COc2c(N3CCC(NC4CC4)C3)c(F)cc3c(=O)c(C(=O)O)cn1c23. The zero-order chi connectivity index (χ0) is 19.6. The van der Waals surface area contributed by atoms with Crippen molar-refractivity contribution in [2.24, 2.45) is 0 Å². The minimum Gasteiger partial charge on any atom is -0.487 e. The monoisotopic (exact) mass is 387 g/mol. The number of nitrogens with one attached hydrogen (secondary N) is 1. The Morgan fingerprint density at radius 3 is 2.82 bits per heavy atom. The van der Waals surface area contributed by atoms with Gasteiger partial charge in [-0.05, 0) is 32.3 Å². The summed E-state index contributed by atoms with van der Waals surface area (Å²) in [5.74, 6) is -1.52. The van der Waals surface area contributed by atoms with Crippen molar-refractivity contribution < 1.29 is 19.0 Å². The lowest BCUT2D eigenvalue weighted by Gasteiger charge is -2.31. The van der Waals surface area contributed by atoms with Crippen LogP contribution < -0.4 is 20.4 Å². The van der Waals surface area contributed by atoms with Crippen LogP contribution in [0.25, 0.3) is 10.9 Å². The van der Waals surface area contributed by atoms with E-state index in [0.29, 0.717) is 42.1 Å². The lowest BCUT2D eigenvalue weighted by Crippen LogP contribution is -2.34. The van der Waals surface area contributed by atoms with E-state index in [1.165, 1.54) is 25.1 Å². The zero-order valence-corrected chi connectivity index (χ0v) is 15.6. The second-order valence-corrected chi connectivity index (χ2v) is 8.05. The summed E-state index contributed by atoms with van der Waals surface area (Å²) in [4.78, 5) is 26.1. The number of nitrogens with zero attached hydrogens (tertiary/aromatic N) is 2. The molecule has 2 aliphatic heterocycles. The van der Waals surface area contributed by atoms with Gasteiger partial charge in [-0.2, -0.15) is 0 Å². The molecule has 0 bridgehead atoms. The standard InChI is InChI=1S/C20H22FN3O4/c1-10-9-28-19-16-13(18(25)14(20(26)27)8-24(10)16)6-15(21)17(19)23-5-4-12(7-23)22-11-2-3-11/h6,8,10-12,22H,2-5,7,9H2,1H3,(H,26,27)/t10-,12?/m0/s1. The first-order chi connectivity index (χ1) is 13.4. The molecule has 1 unspecified atom stereocenters. The van der Waals surface area contributed by atoms with Crippen LogP contribution in [-0.4, -0.2) is 47.4 Å². The number of carboxylic acid groups (broad SMARTS) is 1. The third-order valence-corrected chi connectivity index (χ3v) is 5.93. The second-order valence-electron chi connectivity index (χ2n) is 8.05. The van der Waals surface area contributed by atoms with Crippen LogP contribution in [0, 0.1) is 5.82 Å². The molecule has 3 aliphatic rings. The van der Waals surface area contributed by atoms with E-state index in [-0.39, 0.29) is 23.6 Å². The van der Waals surface area contributed by atoms with E-state index in [2.05, 4.69) is 5.32 Å². The average molecular weight is 387 g/mol. The summed E-state index contributed by atoms with van der Waals surface area (Å²) in [7, 11) is 0. The Bertz CT molecular complexity index is 1050. The molecule has 1 aromatic carbocycles. The Morgan fingerprint density at radius 2 is 2.11 bits per heavy atom. The molecule has 1 aromatic heterocycles. The normalized spacial score (nSPS) is 23.9. The van der Waals surface area contributed by atoms with Gasteiger partial charge < -0.3 is 24.6 Å². The topological polar surface area (TPSA) is 83.8 Å². The van der Waals surface area contributed by atoms with Gasteiger partial charge in [0.05, 0.1) is 16.9 Å². The van der Waals surface area contributed by atoms with Crippen molar-refractivity contribution >= 4 is 22.6 Å². The molecule has 2 atom stereocenters. The molecule has 28 heavy (non-hydrogen) atoms. The maximum Gasteiger partial charge on any atom is 0.341 e. The van der Waals surface area contributed by atoms with Crippen molar-refractivity contribution in [2.75, 3.05) is 24.6 Å². The molecule has 2 N–H and O–H groups in total. The maximum atomic E-state index is 15.1. The summed E-state index contributed by atoms with van der Waals surface area (Å²) in [5.41, 5.74) is -0.188. The number of halogens is 1. The molecule has 5 rings (SSSR count). The third kappa shape index (κ3) is 2.66. The third-order valence-electron chi connectivity index (χ3n) is 5.93. The second kappa shape index (κ2) is 6.20. The molecule has 3 heterocycles. The molecule has 8 heteroatoms. The number of pyridine rings is 1. The van der Waals surface area contributed by atoms with Crippen molar-refractivity contribution in [3.8, 4) is 5.75 Å². The van der Waals surface area contributed by atoms with Gasteiger partial charge >= 0.3 is 5.97 Å². The largest absolute Gasteiger partial charge is 0.487 e. The molecule has 7 nitrogen and oxygen atoms in total. The molecule has 1 saturated carbocycles. The van der Waals surface area contributed by atoms with Gasteiger partial charge in [-0.25, -0.2) is 9.18 Å². The van der Waals surface area contributed by atoms with E-state index in [0.717, 1.165) is 6.42 Å². The molecule has 1 aliphatic carbocycles. The predicted molar refractivity (Wildman–Crippen MR) is 102 cm³/mol. The molecule has 0 amide bonds. The van der Waals surface area contributed by atoms with Gasteiger partial charge in [0.25, 0.3) is 0 Å². The summed E-state index contributed by atoms with van der Waals surface area (Å²) in [6, 6.07) is 1.91. The van der Waals surface area contributed by atoms with Gasteiger partial charge in [0.2, 0.25) is 5.43 Å². The van der Waals surface area contributed by atoms with Crippen LogP contribution in [0.4, 0.5) is 10.1 Å². The Labute approximate surface area is 160 Å². The van der Waals surface area contributed by atoms with E-state index < -0.39 is 17.2 Å². The van der Waals surface area contributed by atoms with Gasteiger partial charge in [0.1, 0.15) is 17.9 Å². The van der Waals surface area contributed by atoms with Gasteiger partial charge in [-0.15, -0.1) is 0 Å². The predicted octanol–water partition coefficient (Wildman–Crippen LogP) is 2.12. The average Bonchev–Trinajstić information content (AvgIpc) is 3.35. The smallest absolute Gasteiger partial charge is 0.341 e. The molecule has 148 valence electrons. The van der Waals surface area contributed by atoms with Crippen LogP contribution in [-0.2, 0) is 0 Å². The van der Waals surface area contributed by atoms with Crippen molar-refractivity contribution in [1.29, 1.82) is 0 Å². The Hall–Kier alpha value is -2.61. The molecule has 1 saturated heterocycles. The number of carbonyl (C=O) groups is 1. The summed E-state index contributed by atoms with van der Waals surface area (Å²) < 4.78 is 22.8. The van der Waals surface area contributed by atoms with E-state index in [1.807, 2.05) is 11.8 Å². The van der Waals surface area contributed by atoms with Crippen LogP contribution in [0.5, 0.6) is 5.75 Å². The highest BCUT2D eigenvalue weighted by molar-refractivity contribution is 5.97. The summed E-state index contributed by atoms with van der Waals surface area (Å²) in [6.07, 6.45) is 4.68. The van der Waals surface area contributed by atoms with Gasteiger partial charge in [0.15, 0.2) is 11.6 Å². The van der Waals surface area contributed by atoms with Crippen molar-refractivity contribution in [3.05, 3.63) is 33.9 Å².